The Morgan fingerprint density at radius 1 is 1.20 bits per heavy atom. The summed E-state index contributed by atoms with van der Waals surface area (Å²) in [5.41, 5.74) is 2.43. The molecular formula is C16H18N2O2. The van der Waals surface area contributed by atoms with E-state index in [1.54, 1.807) is 36.3 Å². The monoisotopic (exact) mass is 270 g/mol. The van der Waals surface area contributed by atoms with Crippen LogP contribution in [0.5, 0.6) is 5.75 Å². The van der Waals surface area contributed by atoms with Gasteiger partial charge >= 0.3 is 0 Å². The van der Waals surface area contributed by atoms with Crippen molar-refractivity contribution in [3.63, 3.8) is 0 Å². The van der Waals surface area contributed by atoms with Crippen molar-refractivity contribution in [3.05, 3.63) is 59.4 Å². The minimum absolute atomic E-state index is 0.0712. The van der Waals surface area contributed by atoms with E-state index in [-0.39, 0.29) is 17.7 Å². The topological polar surface area (TPSA) is 53.4 Å². The van der Waals surface area contributed by atoms with Crippen molar-refractivity contribution in [2.45, 2.75) is 19.9 Å². The van der Waals surface area contributed by atoms with Crippen LogP contribution in [0.15, 0.2) is 42.6 Å². The largest absolute Gasteiger partial charge is 0.508 e. The summed E-state index contributed by atoms with van der Waals surface area (Å²) in [4.78, 5) is 18.2. The second-order valence-corrected chi connectivity index (χ2v) is 4.87. The van der Waals surface area contributed by atoms with Crippen LogP contribution < -0.4 is 0 Å². The SMILES string of the molecule is Cc1ccc(C(=O)N(C)C(C)c2ccc(O)cc2)cn1. The van der Waals surface area contributed by atoms with Crippen LogP contribution in [-0.2, 0) is 0 Å². The Bertz CT molecular complexity index is 591. The second kappa shape index (κ2) is 5.74. The number of aromatic nitrogens is 1. The molecule has 1 atom stereocenters. The van der Waals surface area contributed by atoms with Gasteiger partial charge in [0.05, 0.1) is 11.6 Å². The fraction of sp³-hybridized carbons (Fsp3) is 0.250. The molecule has 0 saturated heterocycles. The van der Waals surface area contributed by atoms with Crippen LogP contribution in [0.25, 0.3) is 0 Å². The molecule has 4 heteroatoms. The first-order chi connectivity index (χ1) is 9.49. The average Bonchev–Trinajstić information content (AvgIpc) is 2.46. The highest BCUT2D eigenvalue weighted by molar-refractivity contribution is 5.94. The van der Waals surface area contributed by atoms with Crippen molar-refractivity contribution < 1.29 is 9.90 Å². The Hall–Kier alpha value is -2.36. The van der Waals surface area contributed by atoms with E-state index in [9.17, 15) is 9.90 Å². The third kappa shape index (κ3) is 2.96. The number of aryl methyl sites for hydroxylation is 1. The maximum absolute atomic E-state index is 12.4. The Kier molecular flexibility index (Phi) is 4.03. The molecule has 4 nitrogen and oxygen atoms in total. The zero-order valence-electron chi connectivity index (χ0n) is 11.9. The molecule has 1 aromatic heterocycles. The standard InChI is InChI=1S/C16H18N2O2/c1-11-4-5-14(10-17-11)16(20)18(3)12(2)13-6-8-15(19)9-7-13/h4-10,12,19H,1-3H3. The highest BCUT2D eigenvalue weighted by Gasteiger charge is 2.19. The zero-order valence-corrected chi connectivity index (χ0v) is 11.9. The lowest BCUT2D eigenvalue weighted by atomic mass is 10.1. The number of pyridine rings is 1. The molecule has 0 radical (unpaired) electrons. The van der Waals surface area contributed by atoms with Crippen molar-refractivity contribution in [1.29, 1.82) is 0 Å². The van der Waals surface area contributed by atoms with Gasteiger partial charge in [0.25, 0.3) is 5.91 Å². The number of rotatable bonds is 3. The molecule has 1 aromatic carbocycles. The number of carbonyl (C=O) groups excluding carboxylic acids is 1. The molecule has 0 aliphatic rings. The molecular weight excluding hydrogens is 252 g/mol. The summed E-state index contributed by atoms with van der Waals surface area (Å²) < 4.78 is 0. The van der Waals surface area contributed by atoms with Crippen molar-refractivity contribution in [3.8, 4) is 5.75 Å². The van der Waals surface area contributed by atoms with E-state index in [2.05, 4.69) is 4.98 Å². The lowest BCUT2D eigenvalue weighted by Crippen LogP contribution is -2.29. The van der Waals surface area contributed by atoms with E-state index < -0.39 is 0 Å². The molecule has 0 saturated carbocycles. The quantitative estimate of drug-likeness (QED) is 0.933. The zero-order chi connectivity index (χ0) is 14.7. The van der Waals surface area contributed by atoms with Crippen LogP contribution in [0, 0.1) is 6.92 Å². The van der Waals surface area contributed by atoms with Gasteiger partial charge in [0.1, 0.15) is 5.75 Å². The first-order valence-electron chi connectivity index (χ1n) is 6.48. The summed E-state index contributed by atoms with van der Waals surface area (Å²) in [6.07, 6.45) is 1.59. The van der Waals surface area contributed by atoms with Crippen LogP contribution in [0.1, 0.15) is 34.6 Å². The summed E-state index contributed by atoms with van der Waals surface area (Å²) >= 11 is 0. The van der Waals surface area contributed by atoms with E-state index >= 15 is 0 Å². The molecule has 104 valence electrons. The number of phenols is 1. The van der Waals surface area contributed by atoms with Gasteiger partial charge in [-0.1, -0.05) is 12.1 Å². The number of hydrogen-bond acceptors (Lipinski definition) is 3. The normalized spacial score (nSPS) is 11.9. The highest BCUT2D eigenvalue weighted by Crippen LogP contribution is 2.22. The maximum atomic E-state index is 12.4. The first-order valence-corrected chi connectivity index (χ1v) is 6.48. The van der Waals surface area contributed by atoms with Gasteiger partial charge in [-0.15, -0.1) is 0 Å². The van der Waals surface area contributed by atoms with Crippen LogP contribution in [0.4, 0.5) is 0 Å². The Labute approximate surface area is 118 Å². The molecule has 1 amide bonds. The van der Waals surface area contributed by atoms with Gasteiger partial charge in [-0.05, 0) is 43.7 Å². The van der Waals surface area contributed by atoms with E-state index in [1.807, 2.05) is 32.0 Å². The molecule has 1 unspecified atom stereocenters. The summed E-state index contributed by atoms with van der Waals surface area (Å²) in [5, 5.41) is 9.30. The van der Waals surface area contributed by atoms with Gasteiger partial charge in [-0.2, -0.15) is 0 Å². The molecule has 0 aliphatic heterocycles. The molecule has 0 fully saturated rings. The molecule has 0 bridgehead atoms. The molecule has 20 heavy (non-hydrogen) atoms. The van der Waals surface area contributed by atoms with Crippen molar-refractivity contribution in [2.75, 3.05) is 7.05 Å². The fourth-order valence-corrected chi connectivity index (χ4v) is 1.95. The number of carbonyl (C=O) groups is 1. The number of phenolic OH excluding ortho intramolecular Hbond substituents is 1. The number of aromatic hydroxyl groups is 1. The van der Waals surface area contributed by atoms with Gasteiger partial charge in [-0.25, -0.2) is 0 Å². The Morgan fingerprint density at radius 3 is 2.40 bits per heavy atom. The Morgan fingerprint density at radius 2 is 1.85 bits per heavy atom. The predicted molar refractivity (Wildman–Crippen MR) is 77.6 cm³/mol. The first kappa shape index (κ1) is 14.1. The molecule has 2 aromatic rings. The molecule has 0 aliphatic carbocycles. The average molecular weight is 270 g/mol. The van der Waals surface area contributed by atoms with Gasteiger partial charge < -0.3 is 10.0 Å². The number of amides is 1. The van der Waals surface area contributed by atoms with Crippen LogP contribution in [-0.4, -0.2) is 27.9 Å². The number of hydrogen-bond donors (Lipinski definition) is 1. The minimum Gasteiger partial charge on any atom is -0.508 e. The van der Waals surface area contributed by atoms with E-state index in [1.165, 1.54) is 0 Å². The smallest absolute Gasteiger partial charge is 0.255 e. The summed E-state index contributed by atoms with van der Waals surface area (Å²) in [7, 11) is 1.76. The molecule has 2 rings (SSSR count). The van der Waals surface area contributed by atoms with Gasteiger partial charge in [0, 0.05) is 18.9 Å². The van der Waals surface area contributed by atoms with Gasteiger partial charge in [0.15, 0.2) is 0 Å². The Balaban J connectivity index is 2.17. The lowest BCUT2D eigenvalue weighted by molar-refractivity contribution is 0.0742. The van der Waals surface area contributed by atoms with Crippen molar-refractivity contribution in [1.82, 2.24) is 9.88 Å². The predicted octanol–water partition coefficient (Wildman–Crippen LogP) is 2.93. The summed E-state index contributed by atoms with van der Waals surface area (Å²) in [5.74, 6) is 0.149. The minimum atomic E-state index is -0.0793. The molecule has 1 heterocycles. The van der Waals surface area contributed by atoms with Crippen LogP contribution >= 0.6 is 0 Å². The van der Waals surface area contributed by atoms with Crippen LogP contribution in [0.3, 0.4) is 0 Å². The lowest BCUT2D eigenvalue weighted by Gasteiger charge is -2.25. The van der Waals surface area contributed by atoms with Gasteiger partial charge in [0.2, 0.25) is 0 Å². The third-order valence-corrected chi connectivity index (χ3v) is 3.44. The van der Waals surface area contributed by atoms with Crippen LogP contribution in [0.2, 0.25) is 0 Å². The van der Waals surface area contributed by atoms with Crippen molar-refractivity contribution in [2.24, 2.45) is 0 Å². The van der Waals surface area contributed by atoms with E-state index in [0.717, 1.165) is 11.3 Å². The van der Waals surface area contributed by atoms with Crippen molar-refractivity contribution >= 4 is 5.91 Å². The van der Waals surface area contributed by atoms with E-state index in [0.29, 0.717) is 5.56 Å². The highest BCUT2D eigenvalue weighted by atomic mass is 16.3. The number of benzene rings is 1. The molecule has 0 spiro atoms. The third-order valence-electron chi connectivity index (χ3n) is 3.44. The van der Waals surface area contributed by atoms with Gasteiger partial charge in [-0.3, -0.25) is 9.78 Å². The molecule has 1 N–H and O–H groups in total. The maximum Gasteiger partial charge on any atom is 0.255 e. The fourth-order valence-electron chi connectivity index (χ4n) is 1.95. The van der Waals surface area contributed by atoms with E-state index in [4.69, 9.17) is 0 Å². The number of nitrogens with zero attached hydrogens (tertiary/aromatic N) is 2. The summed E-state index contributed by atoms with van der Waals surface area (Å²) in [6, 6.07) is 10.4. The summed E-state index contributed by atoms with van der Waals surface area (Å²) in [6.45, 7) is 3.84. The second-order valence-electron chi connectivity index (χ2n) is 4.87.